The summed E-state index contributed by atoms with van der Waals surface area (Å²) in [5, 5.41) is 12.2. The third kappa shape index (κ3) is 4.11. The summed E-state index contributed by atoms with van der Waals surface area (Å²) in [5.41, 5.74) is 0.868. The van der Waals surface area contributed by atoms with E-state index in [0.717, 1.165) is 5.56 Å². The van der Waals surface area contributed by atoms with Crippen LogP contribution in [0.1, 0.15) is 0 Å². The number of carbonyl (C=O) groups is 1. The van der Waals surface area contributed by atoms with Crippen LogP contribution in [0.15, 0.2) is 30.3 Å². The summed E-state index contributed by atoms with van der Waals surface area (Å²) >= 11 is 0. The van der Waals surface area contributed by atoms with Gasteiger partial charge in [0, 0.05) is 19.2 Å². The molecule has 0 bridgehead atoms. The molecular formula is C15H19N5O3. The Morgan fingerprint density at radius 2 is 2.17 bits per heavy atom. The Balaban J connectivity index is 1.56. The van der Waals surface area contributed by atoms with Crippen molar-refractivity contribution in [3.8, 4) is 11.4 Å². The number of tetrazole rings is 1. The number of aromatic nitrogens is 4. The number of rotatable bonds is 5. The number of carbonyl (C=O) groups excluding carboxylic acids is 1. The molecule has 8 heteroatoms. The van der Waals surface area contributed by atoms with Crippen LogP contribution in [0, 0.1) is 0 Å². The van der Waals surface area contributed by atoms with Crippen LogP contribution < -0.4 is 0 Å². The molecule has 122 valence electrons. The summed E-state index contributed by atoms with van der Waals surface area (Å²) in [7, 11) is 1.73. The van der Waals surface area contributed by atoms with Crippen LogP contribution in [0.4, 0.5) is 0 Å². The van der Waals surface area contributed by atoms with Gasteiger partial charge in [0.05, 0.1) is 25.9 Å². The van der Waals surface area contributed by atoms with Gasteiger partial charge < -0.3 is 14.4 Å². The van der Waals surface area contributed by atoms with Crippen molar-refractivity contribution >= 4 is 5.91 Å². The molecule has 1 amide bonds. The van der Waals surface area contributed by atoms with E-state index in [1.807, 2.05) is 30.3 Å². The average Bonchev–Trinajstić information content (AvgIpc) is 3.05. The van der Waals surface area contributed by atoms with Gasteiger partial charge in [0.15, 0.2) is 0 Å². The second-order valence-electron chi connectivity index (χ2n) is 5.35. The SMILES string of the molecule is CN(C[C@H]1COCCO1)C(=O)Cn1nnc(-c2ccccc2)n1. The maximum absolute atomic E-state index is 12.2. The lowest BCUT2D eigenvalue weighted by atomic mass is 10.2. The molecule has 0 saturated carbocycles. The van der Waals surface area contributed by atoms with E-state index in [1.54, 1.807) is 11.9 Å². The summed E-state index contributed by atoms with van der Waals surface area (Å²) in [5.74, 6) is 0.404. The van der Waals surface area contributed by atoms with Crippen LogP contribution in [-0.2, 0) is 20.8 Å². The fourth-order valence-electron chi connectivity index (χ4n) is 2.30. The molecule has 1 aromatic heterocycles. The third-order valence-corrected chi connectivity index (χ3v) is 3.55. The van der Waals surface area contributed by atoms with Crippen molar-refractivity contribution in [3.63, 3.8) is 0 Å². The lowest BCUT2D eigenvalue weighted by Crippen LogP contribution is -2.42. The molecular weight excluding hydrogens is 298 g/mol. The fourth-order valence-corrected chi connectivity index (χ4v) is 2.30. The summed E-state index contributed by atoms with van der Waals surface area (Å²) < 4.78 is 10.9. The summed E-state index contributed by atoms with van der Waals surface area (Å²) in [6.45, 7) is 2.22. The van der Waals surface area contributed by atoms with E-state index < -0.39 is 0 Å². The Kier molecular flexibility index (Phi) is 4.94. The van der Waals surface area contributed by atoms with E-state index in [1.165, 1.54) is 4.80 Å². The molecule has 1 aliphatic heterocycles. The highest BCUT2D eigenvalue weighted by Gasteiger charge is 2.20. The molecule has 0 radical (unpaired) electrons. The van der Waals surface area contributed by atoms with Crippen LogP contribution in [0.2, 0.25) is 0 Å². The van der Waals surface area contributed by atoms with E-state index in [0.29, 0.717) is 32.2 Å². The monoisotopic (exact) mass is 317 g/mol. The van der Waals surface area contributed by atoms with Crippen LogP contribution in [0.25, 0.3) is 11.4 Å². The van der Waals surface area contributed by atoms with Crippen molar-refractivity contribution in [1.29, 1.82) is 0 Å². The largest absolute Gasteiger partial charge is 0.376 e. The first-order valence-electron chi connectivity index (χ1n) is 7.49. The highest BCUT2D eigenvalue weighted by atomic mass is 16.6. The Morgan fingerprint density at radius 3 is 2.91 bits per heavy atom. The maximum atomic E-state index is 12.2. The van der Waals surface area contributed by atoms with E-state index in [-0.39, 0.29) is 18.6 Å². The molecule has 2 aromatic rings. The van der Waals surface area contributed by atoms with Gasteiger partial charge >= 0.3 is 0 Å². The van der Waals surface area contributed by atoms with Gasteiger partial charge in [-0.3, -0.25) is 4.79 Å². The van der Waals surface area contributed by atoms with Gasteiger partial charge in [0.25, 0.3) is 0 Å². The van der Waals surface area contributed by atoms with Crippen LogP contribution in [-0.4, -0.2) is 70.5 Å². The Morgan fingerprint density at radius 1 is 1.35 bits per heavy atom. The van der Waals surface area contributed by atoms with Crippen LogP contribution in [0.3, 0.4) is 0 Å². The lowest BCUT2D eigenvalue weighted by molar-refractivity contribution is -0.137. The van der Waals surface area contributed by atoms with Gasteiger partial charge in [-0.15, -0.1) is 10.2 Å². The molecule has 1 saturated heterocycles. The van der Waals surface area contributed by atoms with Gasteiger partial charge in [-0.2, -0.15) is 4.80 Å². The third-order valence-electron chi connectivity index (χ3n) is 3.55. The average molecular weight is 317 g/mol. The second-order valence-corrected chi connectivity index (χ2v) is 5.35. The van der Waals surface area contributed by atoms with Gasteiger partial charge in [0.1, 0.15) is 6.54 Å². The van der Waals surface area contributed by atoms with Gasteiger partial charge in [0.2, 0.25) is 11.7 Å². The minimum absolute atomic E-state index is 0.0455. The standard InChI is InChI=1S/C15H19N5O3/c1-19(9-13-11-22-7-8-23-13)14(21)10-20-17-15(16-18-20)12-5-3-2-4-6-12/h2-6,13H,7-11H2,1H3/t13-/m0/s1. The number of likely N-dealkylation sites (N-methyl/N-ethyl adjacent to an activating group) is 1. The van der Waals surface area contributed by atoms with Crippen molar-refractivity contribution in [2.45, 2.75) is 12.6 Å². The van der Waals surface area contributed by atoms with E-state index in [4.69, 9.17) is 9.47 Å². The normalized spacial score (nSPS) is 17.9. The zero-order valence-electron chi connectivity index (χ0n) is 13.0. The predicted molar refractivity (Wildman–Crippen MR) is 81.4 cm³/mol. The zero-order chi connectivity index (χ0) is 16.1. The molecule has 2 heterocycles. The van der Waals surface area contributed by atoms with Gasteiger partial charge in [-0.1, -0.05) is 30.3 Å². The summed E-state index contributed by atoms with van der Waals surface area (Å²) in [4.78, 5) is 15.1. The Hall–Kier alpha value is -2.32. The Labute approximate surface area is 134 Å². The second kappa shape index (κ2) is 7.30. The smallest absolute Gasteiger partial charge is 0.246 e. The minimum atomic E-state index is -0.101. The molecule has 1 aliphatic rings. The van der Waals surface area contributed by atoms with E-state index >= 15 is 0 Å². The van der Waals surface area contributed by atoms with Gasteiger partial charge in [-0.25, -0.2) is 0 Å². The molecule has 0 aliphatic carbocycles. The number of nitrogens with zero attached hydrogens (tertiary/aromatic N) is 5. The van der Waals surface area contributed by atoms with Crippen LogP contribution >= 0.6 is 0 Å². The highest BCUT2D eigenvalue weighted by molar-refractivity contribution is 5.75. The molecule has 23 heavy (non-hydrogen) atoms. The lowest BCUT2D eigenvalue weighted by Gasteiger charge is -2.27. The van der Waals surface area contributed by atoms with E-state index in [9.17, 15) is 4.79 Å². The first kappa shape index (κ1) is 15.6. The molecule has 1 atom stereocenters. The number of hydrogen-bond acceptors (Lipinski definition) is 6. The predicted octanol–water partition coefficient (Wildman–Crippen LogP) is 0.214. The van der Waals surface area contributed by atoms with Crippen molar-refractivity contribution in [1.82, 2.24) is 25.1 Å². The number of amides is 1. The molecule has 8 nitrogen and oxygen atoms in total. The van der Waals surface area contributed by atoms with E-state index in [2.05, 4.69) is 15.4 Å². The number of hydrogen-bond donors (Lipinski definition) is 0. The van der Waals surface area contributed by atoms with Crippen molar-refractivity contribution in [2.75, 3.05) is 33.4 Å². The van der Waals surface area contributed by atoms with Gasteiger partial charge in [-0.05, 0) is 5.21 Å². The van der Waals surface area contributed by atoms with Crippen LogP contribution in [0.5, 0.6) is 0 Å². The quantitative estimate of drug-likeness (QED) is 0.784. The highest BCUT2D eigenvalue weighted by Crippen LogP contribution is 2.11. The molecule has 0 unspecified atom stereocenters. The van der Waals surface area contributed by atoms with Crippen molar-refractivity contribution in [2.24, 2.45) is 0 Å². The first-order valence-corrected chi connectivity index (χ1v) is 7.49. The topological polar surface area (TPSA) is 82.4 Å². The maximum Gasteiger partial charge on any atom is 0.246 e. The van der Waals surface area contributed by atoms with Crippen molar-refractivity contribution in [3.05, 3.63) is 30.3 Å². The summed E-state index contributed by atoms with van der Waals surface area (Å²) in [6, 6.07) is 9.53. The Bertz CT molecular complexity index is 640. The first-order chi connectivity index (χ1) is 11.2. The minimum Gasteiger partial charge on any atom is -0.376 e. The summed E-state index contributed by atoms with van der Waals surface area (Å²) in [6.07, 6.45) is -0.0821. The number of benzene rings is 1. The molecule has 0 spiro atoms. The molecule has 1 aromatic carbocycles. The fraction of sp³-hybridized carbons (Fsp3) is 0.467. The molecule has 3 rings (SSSR count). The number of ether oxygens (including phenoxy) is 2. The van der Waals surface area contributed by atoms with Crippen molar-refractivity contribution < 1.29 is 14.3 Å². The molecule has 1 fully saturated rings. The zero-order valence-corrected chi connectivity index (χ0v) is 13.0. The molecule has 0 N–H and O–H groups in total.